The summed E-state index contributed by atoms with van der Waals surface area (Å²) in [5.41, 5.74) is -0.540. The summed E-state index contributed by atoms with van der Waals surface area (Å²) in [5, 5.41) is 22.9. The van der Waals surface area contributed by atoms with Crippen LogP contribution in [0.4, 0.5) is 14.5 Å². The number of amides is 1. The summed E-state index contributed by atoms with van der Waals surface area (Å²) in [6, 6.07) is 2.47. The summed E-state index contributed by atoms with van der Waals surface area (Å²) < 4.78 is 58.6. The number of hydrogen-bond acceptors (Lipinski definition) is 5. The van der Waals surface area contributed by atoms with Crippen LogP contribution in [0, 0.1) is 30.4 Å². The molecule has 4 N–H and O–H groups in total. The number of carbonyl (C=O) groups is 1. The van der Waals surface area contributed by atoms with Gasteiger partial charge in [0.05, 0.1) is 17.9 Å². The molecule has 2 heterocycles. The van der Waals surface area contributed by atoms with Gasteiger partial charge < -0.3 is 20.1 Å². The maximum absolute atomic E-state index is 13.7. The van der Waals surface area contributed by atoms with E-state index < -0.39 is 51.7 Å². The molecule has 4 unspecified atom stereocenters. The third kappa shape index (κ3) is 3.90. The SMILES string of the molecule is Cc1c(S(=O)(=O)NC2C3CCC2C(O)(CO)C3)c2n(c1C(=O)Nc1ccc(F)c(F)c1)CCC=C2. The van der Waals surface area contributed by atoms with Crippen LogP contribution in [0.5, 0.6) is 0 Å². The van der Waals surface area contributed by atoms with Crippen molar-refractivity contribution >= 4 is 27.7 Å². The van der Waals surface area contributed by atoms with Crippen LogP contribution >= 0.6 is 0 Å². The first-order valence-corrected chi connectivity index (χ1v) is 13.1. The van der Waals surface area contributed by atoms with Crippen LogP contribution in [0.3, 0.4) is 0 Å². The number of benzene rings is 1. The summed E-state index contributed by atoms with van der Waals surface area (Å²) in [4.78, 5) is 13.2. The fraction of sp³-hybridized carbons (Fsp3) is 0.458. The predicted molar refractivity (Wildman–Crippen MR) is 124 cm³/mol. The number of anilines is 1. The quantitative estimate of drug-likeness (QED) is 0.479. The molecule has 2 fully saturated rings. The number of sulfonamides is 1. The van der Waals surface area contributed by atoms with Gasteiger partial charge in [0.1, 0.15) is 10.6 Å². The highest BCUT2D eigenvalue weighted by molar-refractivity contribution is 7.89. The van der Waals surface area contributed by atoms with Gasteiger partial charge in [-0.3, -0.25) is 4.79 Å². The molecule has 2 bridgehead atoms. The van der Waals surface area contributed by atoms with Gasteiger partial charge >= 0.3 is 0 Å². The van der Waals surface area contributed by atoms with Gasteiger partial charge in [0, 0.05) is 35.8 Å². The summed E-state index contributed by atoms with van der Waals surface area (Å²) >= 11 is 0. The second-order valence-corrected chi connectivity index (χ2v) is 11.3. The first-order valence-electron chi connectivity index (χ1n) is 11.6. The molecule has 0 saturated heterocycles. The Morgan fingerprint density at radius 2 is 2.03 bits per heavy atom. The largest absolute Gasteiger partial charge is 0.393 e. The molecule has 8 nitrogen and oxygen atoms in total. The van der Waals surface area contributed by atoms with Crippen LogP contribution in [-0.4, -0.2) is 47.4 Å². The van der Waals surface area contributed by atoms with E-state index in [1.165, 1.54) is 6.07 Å². The predicted octanol–water partition coefficient (Wildman–Crippen LogP) is 2.54. The van der Waals surface area contributed by atoms with Crippen molar-refractivity contribution in [1.82, 2.24) is 9.29 Å². The average Bonchev–Trinajstić information content (AvgIpc) is 3.42. The molecule has 35 heavy (non-hydrogen) atoms. The van der Waals surface area contributed by atoms with E-state index >= 15 is 0 Å². The van der Waals surface area contributed by atoms with E-state index in [9.17, 15) is 32.2 Å². The Bertz CT molecular complexity index is 1340. The van der Waals surface area contributed by atoms with E-state index in [1.54, 1.807) is 17.6 Å². The molecule has 5 rings (SSSR count). The van der Waals surface area contributed by atoms with Crippen LogP contribution in [-0.2, 0) is 16.6 Å². The molecule has 188 valence electrons. The van der Waals surface area contributed by atoms with E-state index in [0.717, 1.165) is 18.6 Å². The van der Waals surface area contributed by atoms with Crippen LogP contribution in [0.2, 0.25) is 0 Å². The zero-order valence-corrected chi connectivity index (χ0v) is 19.9. The van der Waals surface area contributed by atoms with Gasteiger partial charge in [0.15, 0.2) is 11.6 Å². The highest BCUT2D eigenvalue weighted by atomic mass is 32.2. The summed E-state index contributed by atoms with van der Waals surface area (Å²) in [5.74, 6) is -3.27. The van der Waals surface area contributed by atoms with Crippen LogP contribution in [0.15, 0.2) is 29.2 Å². The third-order valence-corrected chi connectivity index (χ3v) is 9.24. The second-order valence-electron chi connectivity index (χ2n) is 9.67. The Balaban J connectivity index is 1.50. The van der Waals surface area contributed by atoms with E-state index in [4.69, 9.17) is 0 Å². The zero-order valence-electron chi connectivity index (χ0n) is 19.1. The number of nitrogens with one attached hydrogen (secondary N) is 2. The highest BCUT2D eigenvalue weighted by Crippen LogP contribution is 2.51. The lowest BCUT2D eigenvalue weighted by Gasteiger charge is -2.30. The minimum atomic E-state index is -4.10. The minimum absolute atomic E-state index is 0.0253. The molecule has 2 saturated carbocycles. The Hall–Kier alpha value is -2.60. The Kier molecular flexibility index (Phi) is 5.86. The van der Waals surface area contributed by atoms with E-state index in [0.29, 0.717) is 31.5 Å². The Morgan fingerprint density at radius 1 is 1.26 bits per heavy atom. The number of nitrogens with zero attached hydrogens (tertiary/aromatic N) is 1. The number of aliphatic hydroxyl groups is 2. The van der Waals surface area contributed by atoms with E-state index in [-0.39, 0.29) is 27.8 Å². The smallest absolute Gasteiger partial charge is 0.272 e. The fourth-order valence-corrected chi connectivity index (χ4v) is 7.84. The fourth-order valence-electron chi connectivity index (χ4n) is 6.05. The lowest BCUT2D eigenvalue weighted by Crippen LogP contribution is -2.45. The van der Waals surface area contributed by atoms with Crippen LogP contribution in [0.1, 0.15) is 47.4 Å². The number of aromatic nitrogens is 1. The number of halogens is 2. The van der Waals surface area contributed by atoms with Crippen molar-refractivity contribution in [3.05, 3.63) is 52.9 Å². The van der Waals surface area contributed by atoms with Crippen LogP contribution in [0.25, 0.3) is 6.08 Å². The van der Waals surface area contributed by atoms with Crippen LogP contribution < -0.4 is 10.0 Å². The standard InChI is InChI=1S/C24H27F2N3O5S/c1-13-21(23(31)27-15-6-8-17(25)18(26)10-15)29-9-3-2-4-19(29)22(13)35(33,34)28-20-14-5-7-16(20)24(32,11-14)12-30/h2,4,6,8,10,14,16,20,28,30,32H,3,5,7,9,11-12H2,1H3,(H,27,31). The first-order chi connectivity index (χ1) is 16.6. The monoisotopic (exact) mass is 507 g/mol. The molecule has 2 aromatic rings. The lowest BCUT2D eigenvalue weighted by molar-refractivity contribution is -0.0581. The van der Waals surface area contributed by atoms with Gasteiger partial charge in [-0.05, 0) is 56.7 Å². The molecule has 1 aromatic carbocycles. The first kappa shape index (κ1) is 24.1. The van der Waals surface area contributed by atoms with Gasteiger partial charge in [-0.2, -0.15) is 0 Å². The number of hydrogen-bond donors (Lipinski definition) is 4. The van der Waals surface area contributed by atoms with E-state index in [2.05, 4.69) is 10.0 Å². The van der Waals surface area contributed by atoms with Gasteiger partial charge in [-0.25, -0.2) is 21.9 Å². The molecule has 4 atom stereocenters. The summed E-state index contributed by atoms with van der Waals surface area (Å²) in [6.07, 6.45) is 5.78. The van der Waals surface area contributed by atoms with Crippen molar-refractivity contribution in [3.8, 4) is 0 Å². The molecule has 1 aromatic heterocycles. The minimum Gasteiger partial charge on any atom is -0.393 e. The van der Waals surface area contributed by atoms with Crippen molar-refractivity contribution in [3.63, 3.8) is 0 Å². The number of allylic oxidation sites excluding steroid dienone is 1. The molecule has 1 amide bonds. The number of rotatable bonds is 6. The molecule has 0 spiro atoms. The maximum Gasteiger partial charge on any atom is 0.272 e. The Labute approximate surface area is 201 Å². The van der Waals surface area contributed by atoms with Crippen molar-refractivity contribution in [2.24, 2.45) is 11.8 Å². The van der Waals surface area contributed by atoms with Crippen molar-refractivity contribution < 1.29 is 32.2 Å². The van der Waals surface area contributed by atoms with Gasteiger partial charge in [-0.1, -0.05) is 6.08 Å². The Morgan fingerprint density at radius 3 is 2.71 bits per heavy atom. The summed E-state index contributed by atoms with van der Waals surface area (Å²) in [6.45, 7) is 1.49. The molecular formula is C24H27F2N3O5S. The summed E-state index contributed by atoms with van der Waals surface area (Å²) in [7, 11) is -4.10. The van der Waals surface area contributed by atoms with Crippen molar-refractivity contribution in [2.45, 2.75) is 55.7 Å². The average molecular weight is 508 g/mol. The topological polar surface area (TPSA) is 121 Å². The second kappa shape index (κ2) is 8.51. The molecular weight excluding hydrogens is 480 g/mol. The van der Waals surface area contributed by atoms with Gasteiger partial charge in [0.2, 0.25) is 10.0 Å². The van der Waals surface area contributed by atoms with Gasteiger partial charge in [0.25, 0.3) is 5.91 Å². The molecule has 2 aliphatic carbocycles. The van der Waals surface area contributed by atoms with Gasteiger partial charge in [-0.15, -0.1) is 0 Å². The van der Waals surface area contributed by atoms with Crippen molar-refractivity contribution in [2.75, 3.05) is 11.9 Å². The lowest BCUT2D eigenvalue weighted by atomic mass is 9.85. The number of fused-ring (bicyclic) bond motifs is 3. The maximum atomic E-state index is 13.7. The number of carbonyl (C=O) groups excluding carboxylic acids is 1. The third-order valence-electron chi connectivity index (χ3n) is 7.61. The molecule has 0 radical (unpaired) electrons. The molecule has 1 aliphatic heterocycles. The van der Waals surface area contributed by atoms with Crippen molar-refractivity contribution in [1.29, 1.82) is 0 Å². The van der Waals surface area contributed by atoms with E-state index in [1.807, 2.05) is 6.08 Å². The highest BCUT2D eigenvalue weighted by Gasteiger charge is 2.57. The zero-order chi connectivity index (χ0) is 25.1. The normalized spacial score (nSPS) is 27.3. The molecule has 11 heteroatoms. The molecule has 3 aliphatic rings. The number of aliphatic hydroxyl groups excluding tert-OH is 1.